The largest absolute Gasteiger partial charge is 0.744 e. The summed E-state index contributed by atoms with van der Waals surface area (Å²) in [5.74, 6) is -1.67. The van der Waals surface area contributed by atoms with Gasteiger partial charge in [0.25, 0.3) is 10.1 Å². The number of nitrogens with zero attached hydrogens (tertiary/aromatic N) is 2. The van der Waals surface area contributed by atoms with Crippen LogP contribution in [0, 0.1) is 0 Å². The second-order valence-corrected chi connectivity index (χ2v) is 26.0. The molecule has 0 saturated carbocycles. The zero-order valence-electron chi connectivity index (χ0n) is 42.9. The summed E-state index contributed by atoms with van der Waals surface area (Å²) in [7, 11) is -23.0. The fourth-order valence-corrected chi connectivity index (χ4v) is 13.3. The number of carboxylic acid groups (broad SMARTS) is 1. The van der Waals surface area contributed by atoms with Gasteiger partial charge in [0.05, 0.1) is 57.2 Å². The SMILES string of the molecule is COCCOCCC1(C)C(/C=C/C=C/C=C2/N(CCCCCC(=O)O)c3ccc4c(S(=O)(=O)[O-])cc(S(=O)(=O)[O-])cc4c3C2(C)CCOCCOC)=[N+](CCCS(=O)(=O)O)c2ccc3c(S(=O)(=O)[O-])cc(S(=O)(=O)[O-])cc3c21. The molecule has 2 unspecified atom stereocenters. The van der Waals surface area contributed by atoms with Crippen LogP contribution in [0.25, 0.3) is 21.5 Å². The summed E-state index contributed by atoms with van der Waals surface area (Å²) in [6, 6.07) is 8.70. The average Bonchev–Trinajstić information content (AvgIpc) is 3.99. The summed E-state index contributed by atoms with van der Waals surface area (Å²) in [5, 5.41) is 8.89. The highest BCUT2D eigenvalue weighted by molar-refractivity contribution is 7.87. The number of fused-ring (bicyclic) bond motifs is 6. The molecule has 0 amide bonds. The minimum atomic E-state index is -5.40. The Morgan fingerprint density at radius 1 is 0.628 bits per heavy atom. The van der Waals surface area contributed by atoms with Crippen molar-refractivity contribution in [3.8, 4) is 0 Å². The molecule has 0 aromatic heterocycles. The lowest BCUT2D eigenvalue weighted by Crippen LogP contribution is -2.33. The fraction of sp³-hybridized carbons (Fsp3) is 0.440. The zero-order valence-corrected chi connectivity index (χ0v) is 47.0. The van der Waals surface area contributed by atoms with Crippen LogP contribution in [-0.2, 0) is 85.2 Å². The summed E-state index contributed by atoms with van der Waals surface area (Å²) in [4.78, 5) is 9.44. The van der Waals surface area contributed by atoms with Crippen molar-refractivity contribution in [1.82, 2.24) is 0 Å². The molecule has 0 fully saturated rings. The molecule has 2 N–H and O–H groups in total. The van der Waals surface area contributed by atoms with Gasteiger partial charge >= 0.3 is 5.97 Å². The molecule has 2 heterocycles. The van der Waals surface area contributed by atoms with E-state index < -0.39 is 92.7 Å². The molecule has 0 radical (unpaired) electrons. The van der Waals surface area contributed by atoms with Crippen LogP contribution in [-0.4, -0.2) is 159 Å². The van der Waals surface area contributed by atoms with Gasteiger partial charge in [-0.2, -0.15) is 13.0 Å². The van der Waals surface area contributed by atoms with E-state index in [4.69, 9.17) is 18.9 Å². The Kier molecular flexibility index (Phi) is 19.7. The molecule has 4 aromatic rings. The van der Waals surface area contributed by atoms with Crippen molar-refractivity contribution < 1.29 is 98.3 Å². The number of anilines is 1. The molecule has 0 saturated heterocycles. The first kappa shape index (κ1) is 62.2. The number of hydrogen-bond donors (Lipinski definition) is 2. The van der Waals surface area contributed by atoms with Gasteiger partial charge in [0.2, 0.25) is 5.69 Å². The number of hydrogen-bond acceptors (Lipinski definition) is 20. The van der Waals surface area contributed by atoms with E-state index in [1.54, 1.807) is 54.9 Å². The monoisotopic (exact) mass is 1180 g/mol. The van der Waals surface area contributed by atoms with Gasteiger partial charge in [-0.05, 0) is 104 Å². The molecule has 0 bridgehead atoms. The standard InChI is InChI=1S/C50H62N2O21S5/c1-49(19-23-72-27-25-70-3)44(51(21-10-6-9-14-46(53)54)40-17-15-36-38(47(40)49)30-34(75(58,59)60)32-42(36)77(64,65)66)12-7-5-8-13-45-50(2,20-24-73-28-26-71-4)48-39-31-35(76(61,62)63)33-43(78(67,68)69)37(39)16-18-41(48)52(45)22-11-29-74(55,56)57/h5,7-8,12-13,15-18,30-33H,6,9-11,14,19-29H2,1-4H3,(H5-,53,54,55,56,57,58,59,60,61,62,63,64,65,66,67,68,69)/p-3. The maximum atomic E-state index is 12.7. The third-order valence-electron chi connectivity index (χ3n) is 13.8. The van der Waals surface area contributed by atoms with Gasteiger partial charge < -0.3 is 47.2 Å². The van der Waals surface area contributed by atoms with Gasteiger partial charge in [0.15, 0.2) is 5.71 Å². The Labute approximate surface area is 453 Å². The summed E-state index contributed by atoms with van der Waals surface area (Å²) < 4.78 is 209. The molecule has 78 heavy (non-hydrogen) atoms. The highest BCUT2D eigenvalue weighted by atomic mass is 32.2. The molecular weight excluding hydrogens is 1120 g/mol. The smallest absolute Gasteiger partial charge is 0.303 e. The number of unbranched alkanes of at least 4 members (excludes halogenated alkanes) is 2. The molecule has 6 rings (SSSR count). The summed E-state index contributed by atoms with van der Waals surface area (Å²) >= 11 is 0. The van der Waals surface area contributed by atoms with Crippen LogP contribution in [0.3, 0.4) is 0 Å². The molecule has 23 nitrogen and oxygen atoms in total. The van der Waals surface area contributed by atoms with Gasteiger partial charge in [0, 0.05) is 86.7 Å². The maximum absolute atomic E-state index is 12.7. The van der Waals surface area contributed by atoms with Crippen molar-refractivity contribution in [2.75, 3.05) is 77.6 Å². The van der Waals surface area contributed by atoms with Gasteiger partial charge in [-0.15, -0.1) is 0 Å². The Hall–Kier alpha value is -5.05. The summed E-state index contributed by atoms with van der Waals surface area (Å²) in [6.07, 6.45) is 9.45. The van der Waals surface area contributed by atoms with Crippen molar-refractivity contribution in [2.45, 2.75) is 89.2 Å². The molecule has 4 aromatic carbocycles. The minimum absolute atomic E-state index is 0.00867. The number of carboxylic acids is 1. The van der Waals surface area contributed by atoms with Crippen LogP contribution in [0.2, 0.25) is 0 Å². The lowest BCUT2D eigenvalue weighted by molar-refractivity contribution is -0.437. The highest BCUT2D eigenvalue weighted by Gasteiger charge is 2.49. The Morgan fingerprint density at radius 3 is 1.68 bits per heavy atom. The Bertz CT molecular complexity index is 3670. The minimum Gasteiger partial charge on any atom is -0.744 e. The molecule has 428 valence electrons. The second-order valence-electron chi connectivity index (χ2n) is 19.0. The first-order valence-electron chi connectivity index (χ1n) is 24.2. The first-order valence-corrected chi connectivity index (χ1v) is 31.5. The van der Waals surface area contributed by atoms with Crippen LogP contribution in [0.15, 0.2) is 104 Å². The third-order valence-corrected chi connectivity index (χ3v) is 17.9. The quantitative estimate of drug-likeness (QED) is 0.0320. The predicted molar refractivity (Wildman–Crippen MR) is 280 cm³/mol. The average molecular weight is 1180 g/mol. The van der Waals surface area contributed by atoms with E-state index in [1.807, 2.05) is 4.90 Å². The van der Waals surface area contributed by atoms with E-state index in [9.17, 15) is 74.8 Å². The third kappa shape index (κ3) is 14.3. The second kappa shape index (κ2) is 24.8. The van der Waals surface area contributed by atoms with E-state index in [0.29, 0.717) is 59.7 Å². The zero-order chi connectivity index (χ0) is 57.6. The highest BCUT2D eigenvalue weighted by Crippen LogP contribution is 2.54. The molecular formula is C50H59N2O21S5-3. The van der Waals surface area contributed by atoms with Crippen molar-refractivity contribution in [2.24, 2.45) is 0 Å². The van der Waals surface area contributed by atoms with Gasteiger partial charge in [-0.3, -0.25) is 9.35 Å². The van der Waals surface area contributed by atoms with Gasteiger partial charge in [-0.25, -0.2) is 33.7 Å². The van der Waals surface area contributed by atoms with E-state index in [1.165, 1.54) is 32.4 Å². The summed E-state index contributed by atoms with van der Waals surface area (Å²) in [6.45, 7) is 4.50. The van der Waals surface area contributed by atoms with Crippen LogP contribution < -0.4 is 4.90 Å². The van der Waals surface area contributed by atoms with E-state index in [2.05, 4.69) is 0 Å². The van der Waals surface area contributed by atoms with Gasteiger partial charge in [0.1, 0.15) is 47.0 Å². The first-order chi connectivity index (χ1) is 36.4. The Morgan fingerprint density at radius 2 is 1.17 bits per heavy atom. The van der Waals surface area contributed by atoms with Crippen molar-refractivity contribution in [1.29, 1.82) is 0 Å². The molecule has 2 aliphatic rings. The van der Waals surface area contributed by atoms with E-state index in [0.717, 1.165) is 12.1 Å². The van der Waals surface area contributed by atoms with Crippen molar-refractivity contribution in [3.63, 3.8) is 0 Å². The number of benzene rings is 4. The number of aliphatic carboxylic acids is 1. The predicted octanol–water partition coefficient (Wildman–Crippen LogP) is 4.77. The number of allylic oxidation sites excluding steroid dienone is 6. The Balaban J connectivity index is 1.57. The van der Waals surface area contributed by atoms with Gasteiger partial charge in [-0.1, -0.05) is 30.7 Å². The molecule has 0 spiro atoms. The van der Waals surface area contributed by atoms with Crippen LogP contribution in [0.1, 0.15) is 69.9 Å². The summed E-state index contributed by atoms with van der Waals surface area (Å²) in [5.41, 5.74) is -0.117. The topological polar surface area (TPSA) is 364 Å². The maximum Gasteiger partial charge on any atom is 0.303 e. The van der Waals surface area contributed by atoms with E-state index >= 15 is 0 Å². The fourth-order valence-electron chi connectivity index (χ4n) is 10.2. The lowest BCUT2D eigenvalue weighted by atomic mass is 9.75. The normalized spacial score (nSPS) is 18.9. The molecule has 28 heteroatoms. The number of carbonyl (C=O) groups is 1. The lowest BCUT2D eigenvalue weighted by Gasteiger charge is -2.31. The van der Waals surface area contributed by atoms with Crippen molar-refractivity contribution in [3.05, 3.63) is 95.7 Å². The number of rotatable bonds is 29. The van der Waals surface area contributed by atoms with Crippen LogP contribution >= 0.6 is 0 Å². The molecule has 0 aliphatic carbocycles. The van der Waals surface area contributed by atoms with E-state index in [-0.39, 0.29) is 106 Å². The van der Waals surface area contributed by atoms with Crippen LogP contribution in [0.4, 0.5) is 11.4 Å². The molecule has 2 atom stereocenters. The van der Waals surface area contributed by atoms with Crippen molar-refractivity contribution >= 4 is 95.2 Å². The van der Waals surface area contributed by atoms with Crippen LogP contribution in [0.5, 0.6) is 0 Å². The number of ether oxygens (including phenoxy) is 4. The molecule has 2 aliphatic heterocycles. The number of methoxy groups -OCH3 is 2.